The zero-order valence-corrected chi connectivity index (χ0v) is 11.2. The Morgan fingerprint density at radius 3 is 2.28 bits per heavy atom. The lowest BCUT2D eigenvalue weighted by Crippen LogP contribution is -2.52. The zero-order chi connectivity index (χ0) is 12.1. The van der Waals surface area contributed by atoms with E-state index in [1.54, 1.807) is 0 Å². The first-order chi connectivity index (χ1) is 8.81. The Balaban J connectivity index is 1.55. The molecule has 2 N–H and O–H groups in total. The molecule has 0 aromatic rings. The molecule has 0 radical (unpaired) electrons. The second-order valence-electron chi connectivity index (χ2n) is 7.20. The maximum Gasteiger partial charge on any atom is 0.0876 e. The average molecular weight is 247 g/mol. The largest absolute Gasteiger partial charge is 0.501 e. The van der Waals surface area contributed by atoms with E-state index in [0.717, 1.165) is 42.6 Å². The lowest BCUT2D eigenvalue weighted by molar-refractivity contribution is -0.0432. The van der Waals surface area contributed by atoms with Crippen molar-refractivity contribution in [2.24, 2.45) is 35.3 Å². The smallest absolute Gasteiger partial charge is 0.0876 e. The summed E-state index contributed by atoms with van der Waals surface area (Å²) >= 11 is 0. The van der Waals surface area contributed by atoms with E-state index in [4.69, 9.17) is 10.5 Å². The molecule has 0 saturated heterocycles. The molecular weight excluding hydrogens is 222 g/mol. The van der Waals surface area contributed by atoms with Crippen molar-refractivity contribution in [2.75, 3.05) is 6.61 Å². The maximum atomic E-state index is 6.63. The summed E-state index contributed by atoms with van der Waals surface area (Å²) in [7, 11) is 0. The lowest BCUT2D eigenvalue weighted by Gasteiger charge is -2.56. The first kappa shape index (κ1) is 11.3. The highest BCUT2D eigenvalue weighted by Gasteiger charge is 2.50. The van der Waals surface area contributed by atoms with E-state index in [1.807, 2.05) is 6.26 Å². The number of ether oxygens (including phenoxy) is 1. The van der Waals surface area contributed by atoms with Gasteiger partial charge in [0.2, 0.25) is 0 Å². The third-order valence-corrected chi connectivity index (χ3v) is 6.10. The minimum atomic E-state index is 0.292. The molecule has 5 rings (SSSR count). The van der Waals surface area contributed by atoms with Crippen molar-refractivity contribution in [3.05, 3.63) is 11.8 Å². The molecular formula is C16H25NO. The molecule has 0 aromatic carbocycles. The van der Waals surface area contributed by atoms with Gasteiger partial charge in [-0.25, -0.2) is 0 Å². The molecule has 1 aliphatic heterocycles. The summed E-state index contributed by atoms with van der Waals surface area (Å²) in [5.74, 6) is 4.73. The summed E-state index contributed by atoms with van der Waals surface area (Å²) in [6, 6.07) is 0.292. The normalized spacial score (nSPS) is 47.6. The van der Waals surface area contributed by atoms with Crippen molar-refractivity contribution < 1.29 is 4.74 Å². The van der Waals surface area contributed by atoms with Crippen LogP contribution in [0.1, 0.15) is 44.9 Å². The summed E-state index contributed by atoms with van der Waals surface area (Å²) in [4.78, 5) is 0. The molecule has 0 amide bonds. The van der Waals surface area contributed by atoms with Crippen LogP contribution >= 0.6 is 0 Å². The van der Waals surface area contributed by atoms with Crippen molar-refractivity contribution in [3.63, 3.8) is 0 Å². The molecule has 4 bridgehead atoms. The fourth-order valence-electron chi connectivity index (χ4n) is 5.63. The fourth-order valence-corrected chi connectivity index (χ4v) is 5.63. The first-order valence-electron chi connectivity index (χ1n) is 7.87. The van der Waals surface area contributed by atoms with E-state index in [-0.39, 0.29) is 0 Å². The van der Waals surface area contributed by atoms with Gasteiger partial charge in [-0.2, -0.15) is 0 Å². The topological polar surface area (TPSA) is 35.2 Å². The second kappa shape index (κ2) is 4.26. The Bertz CT molecular complexity index is 334. The van der Waals surface area contributed by atoms with Gasteiger partial charge in [0.1, 0.15) is 0 Å². The zero-order valence-electron chi connectivity index (χ0n) is 11.2. The summed E-state index contributed by atoms with van der Waals surface area (Å²) < 4.78 is 5.50. The molecule has 1 unspecified atom stereocenters. The van der Waals surface area contributed by atoms with Gasteiger partial charge in [0.25, 0.3) is 0 Å². The van der Waals surface area contributed by atoms with Crippen molar-refractivity contribution in [1.82, 2.24) is 0 Å². The quantitative estimate of drug-likeness (QED) is 0.814. The first-order valence-corrected chi connectivity index (χ1v) is 7.87. The number of hydrogen-bond acceptors (Lipinski definition) is 2. The maximum absolute atomic E-state index is 6.63. The average Bonchev–Trinajstić information content (AvgIpc) is 2.38. The highest BCUT2D eigenvalue weighted by molar-refractivity contribution is 5.15. The third-order valence-electron chi connectivity index (χ3n) is 6.10. The molecule has 1 heterocycles. The van der Waals surface area contributed by atoms with Crippen LogP contribution in [0.4, 0.5) is 0 Å². The molecule has 4 aliphatic carbocycles. The molecule has 5 aliphatic rings. The van der Waals surface area contributed by atoms with Gasteiger partial charge in [0.15, 0.2) is 0 Å². The highest BCUT2D eigenvalue weighted by atomic mass is 16.5. The monoisotopic (exact) mass is 247 g/mol. The Kier molecular flexibility index (Phi) is 2.68. The minimum Gasteiger partial charge on any atom is -0.501 e. The number of hydrogen-bond donors (Lipinski definition) is 1. The molecule has 100 valence electrons. The molecule has 4 saturated carbocycles. The van der Waals surface area contributed by atoms with Crippen molar-refractivity contribution in [1.29, 1.82) is 0 Å². The van der Waals surface area contributed by atoms with Crippen LogP contribution < -0.4 is 5.73 Å². The van der Waals surface area contributed by atoms with Gasteiger partial charge in [-0.1, -0.05) is 0 Å². The van der Waals surface area contributed by atoms with Gasteiger partial charge < -0.3 is 10.5 Å². The summed E-state index contributed by atoms with van der Waals surface area (Å²) in [5.41, 5.74) is 8.03. The summed E-state index contributed by atoms with van der Waals surface area (Å²) in [6.45, 7) is 0.887. The number of rotatable bonds is 2. The summed E-state index contributed by atoms with van der Waals surface area (Å²) in [5, 5.41) is 0. The van der Waals surface area contributed by atoms with Gasteiger partial charge in [-0.3, -0.25) is 0 Å². The van der Waals surface area contributed by atoms with Crippen molar-refractivity contribution >= 4 is 0 Å². The van der Waals surface area contributed by atoms with Gasteiger partial charge in [-0.15, -0.1) is 0 Å². The van der Waals surface area contributed by atoms with E-state index in [9.17, 15) is 0 Å². The second-order valence-corrected chi connectivity index (χ2v) is 7.20. The van der Waals surface area contributed by atoms with E-state index in [0.29, 0.717) is 6.04 Å². The van der Waals surface area contributed by atoms with Crippen LogP contribution in [0.5, 0.6) is 0 Å². The van der Waals surface area contributed by atoms with Crippen LogP contribution in [0.15, 0.2) is 11.8 Å². The van der Waals surface area contributed by atoms with E-state index < -0.39 is 0 Å². The van der Waals surface area contributed by atoms with Gasteiger partial charge >= 0.3 is 0 Å². The summed E-state index contributed by atoms with van der Waals surface area (Å²) in [6.07, 6.45) is 11.7. The molecule has 2 nitrogen and oxygen atoms in total. The Morgan fingerprint density at radius 2 is 1.72 bits per heavy atom. The van der Waals surface area contributed by atoms with Crippen LogP contribution in [0.25, 0.3) is 0 Å². The SMILES string of the molecule is NC(C1=COCCC1)C1C2CC3CC(C2)CC1C3. The van der Waals surface area contributed by atoms with E-state index in [2.05, 4.69) is 0 Å². The van der Waals surface area contributed by atoms with Crippen LogP contribution in [0.2, 0.25) is 0 Å². The Labute approximate surface area is 110 Å². The van der Waals surface area contributed by atoms with Crippen LogP contribution in [0.3, 0.4) is 0 Å². The van der Waals surface area contributed by atoms with Gasteiger partial charge in [-0.05, 0) is 80.1 Å². The van der Waals surface area contributed by atoms with E-state index in [1.165, 1.54) is 44.1 Å². The highest BCUT2D eigenvalue weighted by Crippen LogP contribution is 2.57. The van der Waals surface area contributed by atoms with Crippen molar-refractivity contribution in [2.45, 2.75) is 51.0 Å². The third kappa shape index (κ3) is 1.72. The molecule has 4 fully saturated rings. The number of nitrogens with two attached hydrogens (primary N) is 1. The molecule has 1 atom stereocenters. The van der Waals surface area contributed by atoms with Crippen LogP contribution in [0, 0.1) is 29.6 Å². The van der Waals surface area contributed by atoms with Gasteiger partial charge in [0.05, 0.1) is 12.9 Å². The Hall–Kier alpha value is -0.500. The van der Waals surface area contributed by atoms with Crippen molar-refractivity contribution in [3.8, 4) is 0 Å². The molecule has 0 aromatic heterocycles. The van der Waals surface area contributed by atoms with E-state index >= 15 is 0 Å². The standard InChI is InChI=1S/C16H25NO/c17-16(12-2-1-3-18-9-12)15-13-5-10-4-11(7-13)8-14(15)6-10/h9-11,13-16H,1-8,17H2. The van der Waals surface area contributed by atoms with Crippen LogP contribution in [-0.4, -0.2) is 12.6 Å². The minimum absolute atomic E-state index is 0.292. The molecule has 0 spiro atoms. The lowest BCUT2D eigenvalue weighted by atomic mass is 9.50. The predicted molar refractivity (Wildman–Crippen MR) is 71.8 cm³/mol. The van der Waals surface area contributed by atoms with Crippen LogP contribution in [-0.2, 0) is 4.74 Å². The predicted octanol–water partition coefficient (Wildman–Crippen LogP) is 3.08. The Morgan fingerprint density at radius 1 is 1.06 bits per heavy atom. The van der Waals surface area contributed by atoms with Gasteiger partial charge in [0, 0.05) is 6.04 Å². The molecule has 2 heteroatoms. The molecule has 18 heavy (non-hydrogen) atoms. The fraction of sp³-hybridized carbons (Fsp3) is 0.875.